The summed E-state index contributed by atoms with van der Waals surface area (Å²) in [6.45, 7) is 9.21. The van der Waals surface area contributed by atoms with Crippen LogP contribution in [0.15, 0.2) is 24.3 Å². The van der Waals surface area contributed by atoms with Crippen LogP contribution in [0.25, 0.3) is 0 Å². The molecule has 122 valence electrons. The minimum absolute atomic E-state index is 0.0838. The van der Waals surface area contributed by atoms with Crippen LogP contribution in [-0.4, -0.2) is 30.3 Å². The molecule has 0 aliphatic carbocycles. The maximum Gasteiger partial charge on any atom is 0.233 e. The first-order chi connectivity index (χ1) is 10.2. The molecule has 0 radical (unpaired) electrons. The molecule has 4 nitrogen and oxygen atoms in total. The van der Waals surface area contributed by atoms with E-state index in [0.717, 1.165) is 18.5 Å². The summed E-state index contributed by atoms with van der Waals surface area (Å²) >= 11 is 0. The largest absolute Gasteiger partial charge is 0.345 e. The highest BCUT2D eigenvalue weighted by molar-refractivity contribution is 6.03. The normalized spacial score (nSPS) is 11.1. The molecule has 0 aliphatic heterocycles. The van der Waals surface area contributed by atoms with E-state index in [1.165, 1.54) is 5.56 Å². The second-order valence-corrected chi connectivity index (χ2v) is 6.72. The molecule has 0 bridgehead atoms. The van der Waals surface area contributed by atoms with Gasteiger partial charge in [-0.3, -0.25) is 9.59 Å². The number of hydrogen-bond donors (Lipinski definition) is 1. The van der Waals surface area contributed by atoms with Gasteiger partial charge in [-0.1, -0.05) is 46.2 Å². The molecule has 1 N–H and O–H groups in total. The van der Waals surface area contributed by atoms with Crippen LogP contribution in [0.4, 0.5) is 5.69 Å². The highest BCUT2D eigenvalue weighted by Gasteiger charge is 2.15. The van der Waals surface area contributed by atoms with E-state index in [9.17, 15) is 9.59 Å². The molecule has 4 heteroatoms. The van der Waals surface area contributed by atoms with Crippen LogP contribution in [0.1, 0.15) is 52.5 Å². The van der Waals surface area contributed by atoms with Crippen molar-refractivity contribution in [3.05, 3.63) is 29.8 Å². The molecule has 0 spiro atoms. The van der Waals surface area contributed by atoms with Crippen LogP contribution in [0.3, 0.4) is 0 Å². The van der Waals surface area contributed by atoms with Gasteiger partial charge in [0.15, 0.2) is 0 Å². The second kappa shape index (κ2) is 7.97. The summed E-state index contributed by atoms with van der Waals surface area (Å²) in [5.41, 5.74) is 2.02. The van der Waals surface area contributed by atoms with E-state index in [1.807, 2.05) is 24.3 Å². The number of hydrogen-bond acceptors (Lipinski definition) is 2. The SMILES string of the molecule is CCCCN(C)C(=O)CC(=O)Nc1ccc(C(C)(C)C)cc1. The summed E-state index contributed by atoms with van der Waals surface area (Å²) in [5, 5.41) is 2.78. The quantitative estimate of drug-likeness (QED) is 0.817. The van der Waals surface area contributed by atoms with Gasteiger partial charge in [-0.15, -0.1) is 0 Å². The van der Waals surface area contributed by atoms with Crippen molar-refractivity contribution < 1.29 is 9.59 Å². The molecule has 22 heavy (non-hydrogen) atoms. The Hall–Kier alpha value is -1.84. The van der Waals surface area contributed by atoms with Gasteiger partial charge in [0.1, 0.15) is 6.42 Å². The first kappa shape index (κ1) is 18.2. The second-order valence-electron chi connectivity index (χ2n) is 6.72. The van der Waals surface area contributed by atoms with E-state index in [1.54, 1.807) is 11.9 Å². The van der Waals surface area contributed by atoms with Gasteiger partial charge in [-0.2, -0.15) is 0 Å². The maximum atomic E-state index is 11.9. The fourth-order valence-corrected chi connectivity index (χ4v) is 2.05. The van der Waals surface area contributed by atoms with Gasteiger partial charge < -0.3 is 10.2 Å². The van der Waals surface area contributed by atoms with Crippen LogP contribution in [-0.2, 0) is 15.0 Å². The Morgan fingerprint density at radius 1 is 1.14 bits per heavy atom. The highest BCUT2D eigenvalue weighted by Crippen LogP contribution is 2.23. The van der Waals surface area contributed by atoms with Crippen LogP contribution in [0.2, 0.25) is 0 Å². The standard InChI is InChI=1S/C18H28N2O2/c1-6-7-12-20(5)17(22)13-16(21)19-15-10-8-14(9-11-15)18(2,3)4/h8-11H,6-7,12-13H2,1-5H3,(H,19,21). The number of anilines is 1. The summed E-state index contributed by atoms with van der Waals surface area (Å²) in [6, 6.07) is 7.77. The van der Waals surface area contributed by atoms with Crippen molar-refractivity contribution in [2.75, 3.05) is 18.9 Å². The predicted molar refractivity (Wildman–Crippen MR) is 90.9 cm³/mol. The number of benzene rings is 1. The molecule has 0 saturated heterocycles. The number of unbranched alkanes of at least 4 members (excludes halogenated alkanes) is 1. The molecule has 1 aromatic rings. The molecule has 1 aromatic carbocycles. The van der Waals surface area contributed by atoms with Gasteiger partial charge in [-0.05, 0) is 29.5 Å². The molecule has 0 aromatic heterocycles. The van der Waals surface area contributed by atoms with Gasteiger partial charge in [0, 0.05) is 19.3 Å². The molecule has 0 heterocycles. The lowest BCUT2D eigenvalue weighted by atomic mass is 9.87. The minimum Gasteiger partial charge on any atom is -0.345 e. The highest BCUT2D eigenvalue weighted by atomic mass is 16.2. The topological polar surface area (TPSA) is 49.4 Å². The Labute approximate surface area is 133 Å². The Morgan fingerprint density at radius 3 is 2.23 bits per heavy atom. The molecule has 0 unspecified atom stereocenters. The number of nitrogens with zero attached hydrogens (tertiary/aromatic N) is 1. The lowest BCUT2D eigenvalue weighted by Crippen LogP contribution is -2.31. The zero-order chi connectivity index (χ0) is 16.8. The summed E-state index contributed by atoms with van der Waals surface area (Å²) in [7, 11) is 1.74. The van der Waals surface area contributed by atoms with Crippen molar-refractivity contribution >= 4 is 17.5 Å². The Morgan fingerprint density at radius 2 is 1.73 bits per heavy atom. The number of carbonyl (C=O) groups excluding carboxylic acids is 2. The zero-order valence-electron chi connectivity index (χ0n) is 14.4. The molecule has 0 saturated carbocycles. The minimum atomic E-state index is -0.267. The van der Waals surface area contributed by atoms with Crippen molar-refractivity contribution in [1.82, 2.24) is 4.90 Å². The lowest BCUT2D eigenvalue weighted by Gasteiger charge is -2.19. The van der Waals surface area contributed by atoms with Gasteiger partial charge in [0.05, 0.1) is 0 Å². The molecule has 0 fully saturated rings. The number of nitrogens with one attached hydrogen (secondary N) is 1. The van der Waals surface area contributed by atoms with E-state index in [-0.39, 0.29) is 23.7 Å². The van der Waals surface area contributed by atoms with Crippen molar-refractivity contribution in [2.45, 2.75) is 52.4 Å². The lowest BCUT2D eigenvalue weighted by molar-refractivity contribution is -0.133. The summed E-state index contributed by atoms with van der Waals surface area (Å²) in [5.74, 6) is -0.408. The van der Waals surface area contributed by atoms with Gasteiger partial charge in [0.25, 0.3) is 0 Å². The molecule has 1 rings (SSSR count). The third-order valence-corrected chi connectivity index (χ3v) is 3.62. The number of amides is 2. The summed E-state index contributed by atoms with van der Waals surface area (Å²) in [6.07, 6.45) is 1.88. The van der Waals surface area contributed by atoms with Crippen LogP contribution >= 0.6 is 0 Å². The van der Waals surface area contributed by atoms with Gasteiger partial charge in [0.2, 0.25) is 11.8 Å². The molecular weight excluding hydrogens is 276 g/mol. The number of rotatable bonds is 6. The Bertz CT molecular complexity index is 501. The number of carbonyl (C=O) groups is 2. The average Bonchev–Trinajstić information content (AvgIpc) is 2.44. The monoisotopic (exact) mass is 304 g/mol. The fraction of sp³-hybridized carbons (Fsp3) is 0.556. The van der Waals surface area contributed by atoms with Gasteiger partial charge in [-0.25, -0.2) is 0 Å². The van der Waals surface area contributed by atoms with Crippen LogP contribution < -0.4 is 5.32 Å². The average molecular weight is 304 g/mol. The molecule has 2 amide bonds. The van der Waals surface area contributed by atoms with E-state index in [2.05, 4.69) is 33.0 Å². The van der Waals surface area contributed by atoms with Crippen molar-refractivity contribution in [3.8, 4) is 0 Å². The Balaban J connectivity index is 2.53. The molecule has 0 atom stereocenters. The molecule has 0 aliphatic rings. The third kappa shape index (κ3) is 5.88. The van der Waals surface area contributed by atoms with Crippen LogP contribution in [0.5, 0.6) is 0 Å². The van der Waals surface area contributed by atoms with Crippen molar-refractivity contribution in [3.63, 3.8) is 0 Å². The smallest absolute Gasteiger partial charge is 0.233 e. The zero-order valence-corrected chi connectivity index (χ0v) is 14.4. The summed E-state index contributed by atoms with van der Waals surface area (Å²) in [4.78, 5) is 25.4. The van der Waals surface area contributed by atoms with Crippen molar-refractivity contribution in [2.24, 2.45) is 0 Å². The van der Waals surface area contributed by atoms with Crippen molar-refractivity contribution in [1.29, 1.82) is 0 Å². The third-order valence-electron chi connectivity index (χ3n) is 3.62. The molecular formula is C18H28N2O2. The maximum absolute atomic E-state index is 11.9. The first-order valence-corrected chi connectivity index (χ1v) is 7.88. The van der Waals surface area contributed by atoms with E-state index < -0.39 is 0 Å². The fourth-order valence-electron chi connectivity index (χ4n) is 2.05. The predicted octanol–water partition coefficient (Wildman–Crippen LogP) is 3.57. The van der Waals surface area contributed by atoms with E-state index in [0.29, 0.717) is 6.54 Å². The summed E-state index contributed by atoms with van der Waals surface area (Å²) < 4.78 is 0. The van der Waals surface area contributed by atoms with E-state index >= 15 is 0 Å². The van der Waals surface area contributed by atoms with Gasteiger partial charge >= 0.3 is 0 Å². The first-order valence-electron chi connectivity index (χ1n) is 7.88. The van der Waals surface area contributed by atoms with Crippen LogP contribution in [0, 0.1) is 0 Å². The van der Waals surface area contributed by atoms with E-state index in [4.69, 9.17) is 0 Å². The Kier molecular flexibility index (Phi) is 6.60.